The van der Waals surface area contributed by atoms with Crippen molar-refractivity contribution in [2.45, 2.75) is 93.3 Å². The van der Waals surface area contributed by atoms with Gasteiger partial charge in [-0.1, -0.05) is 96.9 Å². The molecule has 0 radical (unpaired) electrons. The molecule has 0 bridgehead atoms. The largest absolute Gasteiger partial charge is 0.220 e. The maximum Gasteiger partial charge on any atom is 0.220 e. The summed E-state index contributed by atoms with van der Waals surface area (Å²) in [7, 11) is 0.564. The molecular weight excluding hydrogens is 438 g/mol. The molecule has 0 fully saturated rings. The first-order valence-electron chi connectivity index (χ1n) is 13.9. The Balaban J connectivity index is 2.27. The molecule has 3 rings (SSSR count). The van der Waals surface area contributed by atoms with Crippen molar-refractivity contribution in [3.05, 3.63) is 59.3 Å². The number of aromatic nitrogens is 1. The minimum Gasteiger partial charge on any atom is -0.200 e. The van der Waals surface area contributed by atoms with Crippen LogP contribution in [0.25, 0.3) is 22.0 Å². The molecule has 3 aromatic rings. The third kappa shape index (κ3) is 6.08. The first-order valence-corrected chi connectivity index (χ1v) is 16.5. The summed E-state index contributed by atoms with van der Waals surface area (Å²) in [4.78, 5) is 0. The molecule has 2 heteroatoms. The molecule has 0 saturated heterocycles. The molecule has 0 atom stereocenters. The van der Waals surface area contributed by atoms with Crippen LogP contribution in [-0.4, -0.2) is 8.07 Å². The topological polar surface area (TPSA) is 3.88 Å². The lowest BCUT2D eigenvalue weighted by Gasteiger charge is -2.37. The van der Waals surface area contributed by atoms with Crippen LogP contribution in [0, 0.1) is 31.6 Å². The zero-order valence-electron chi connectivity index (χ0n) is 24.4. The highest BCUT2D eigenvalue weighted by Gasteiger charge is 2.37. The Morgan fingerprint density at radius 2 is 1.31 bits per heavy atom. The van der Waals surface area contributed by atoms with Gasteiger partial charge >= 0.3 is 0 Å². The predicted octanol–water partition coefficient (Wildman–Crippen LogP) is 8.70. The average Bonchev–Trinajstić information content (AvgIpc) is 2.74. The zero-order valence-corrected chi connectivity index (χ0v) is 25.4. The maximum atomic E-state index is 2.59. The van der Waals surface area contributed by atoms with Crippen molar-refractivity contribution in [2.24, 2.45) is 24.8 Å². The summed E-state index contributed by atoms with van der Waals surface area (Å²) in [5, 5.41) is 4.45. The normalized spacial score (nSPS) is 12.7. The fourth-order valence-electron chi connectivity index (χ4n) is 6.45. The quantitative estimate of drug-likeness (QED) is 0.209. The zero-order chi connectivity index (χ0) is 26.1. The van der Waals surface area contributed by atoms with Gasteiger partial charge in [-0.15, -0.1) is 0 Å². The van der Waals surface area contributed by atoms with E-state index in [-0.39, 0.29) is 0 Å². The van der Waals surface area contributed by atoms with Crippen LogP contribution >= 0.6 is 0 Å². The molecule has 2 aromatic carbocycles. The van der Waals surface area contributed by atoms with E-state index in [2.05, 4.69) is 123 Å². The highest BCUT2D eigenvalue weighted by Crippen LogP contribution is 2.35. The molecule has 1 aromatic heterocycles. The molecule has 190 valence electrons. The second-order valence-electron chi connectivity index (χ2n) is 12.8. The van der Waals surface area contributed by atoms with E-state index in [0.717, 1.165) is 17.8 Å². The number of hydrogen-bond acceptors (Lipinski definition) is 0. The molecule has 1 heterocycles. The van der Waals surface area contributed by atoms with Crippen LogP contribution in [0.2, 0.25) is 18.1 Å². The van der Waals surface area contributed by atoms with Gasteiger partial charge in [-0.25, -0.2) is 4.57 Å². The summed E-state index contributed by atoms with van der Waals surface area (Å²) < 4.78 is 2.33. The first-order chi connectivity index (χ1) is 16.3. The van der Waals surface area contributed by atoms with Crippen LogP contribution < -0.4 is 9.75 Å². The number of rotatable bonds is 9. The first kappa shape index (κ1) is 27.7. The summed E-state index contributed by atoms with van der Waals surface area (Å²) in [5.74, 6) is 2.74. The van der Waals surface area contributed by atoms with Crippen LogP contribution in [0.5, 0.6) is 0 Å². The molecular formula is C33H50NSi+. The van der Waals surface area contributed by atoms with Gasteiger partial charge in [-0.2, -0.15) is 0 Å². The number of hydrogen-bond donors (Lipinski definition) is 0. The maximum absolute atomic E-state index is 2.59. The Labute approximate surface area is 217 Å². The Bertz CT molecular complexity index is 1140. The van der Waals surface area contributed by atoms with Gasteiger partial charge in [0, 0.05) is 6.07 Å². The van der Waals surface area contributed by atoms with Crippen molar-refractivity contribution in [2.75, 3.05) is 0 Å². The monoisotopic (exact) mass is 488 g/mol. The van der Waals surface area contributed by atoms with Crippen LogP contribution in [0.1, 0.15) is 78.0 Å². The van der Waals surface area contributed by atoms with Gasteiger partial charge in [0.2, 0.25) is 5.69 Å². The predicted molar refractivity (Wildman–Crippen MR) is 158 cm³/mol. The van der Waals surface area contributed by atoms with Crippen molar-refractivity contribution >= 4 is 24.0 Å². The average molecular weight is 489 g/mol. The highest BCUT2D eigenvalue weighted by molar-refractivity contribution is 6.92. The molecule has 0 aliphatic carbocycles. The van der Waals surface area contributed by atoms with Gasteiger partial charge in [-0.05, 0) is 71.7 Å². The second kappa shape index (κ2) is 11.0. The number of pyridine rings is 1. The summed E-state index contributed by atoms with van der Waals surface area (Å²) in [6.45, 7) is 23.7. The molecule has 0 unspecified atom stereocenters. The van der Waals surface area contributed by atoms with E-state index in [1.54, 1.807) is 5.19 Å². The van der Waals surface area contributed by atoms with Gasteiger partial charge < -0.3 is 0 Å². The fourth-order valence-corrected chi connectivity index (χ4v) is 13.2. The summed E-state index contributed by atoms with van der Waals surface area (Å²) in [5.41, 5.74) is 6.93. The highest BCUT2D eigenvalue weighted by atomic mass is 28.3. The van der Waals surface area contributed by atoms with Crippen LogP contribution in [0.3, 0.4) is 0 Å². The van der Waals surface area contributed by atoms with E-state index < -0.39 is 8.07 Å². The molecule has 1 nitrogen and oxygen atoms in total. The molecule has 0 amide bonds. The van der Waals surface area contributed by atoms with E-state index in [0.29, 0.717) is 5.92 Å². The van der Waals surface area contributed by atoms with Crippen molar-refractivity contribution in [1.29, 1.82) is 0 Å². The lowest BCUT2D eigenvalue weighted by Crippen LogP contribution is -2.50. The van der Waals surface area contributed by atoms with Crippen molar-refractivity contribution < 1.29 is 4.57 Å². The van der Waals surface area contributed by atoms with Crippen LogP contribution in [0.15, 0.2) is 42.6 Å². The SMILES string of the molecule is Cc1cc(C(C)C)cc(-c2c3ccc([Si](CC(C)C)(CC(C)C)CC(C)C)cc3cc[n+]2C)c1C. The molecule has 0 saturated carbocycles. The Morgan fingerprint density at radius 1 is 0.743 bits per heavy atom. The number of benzene rings is 2. The molecule has 0 aliphatic rings. The van der Waals surface area contributed by atoms with Crippen LogP contribution in [0.4, 0.5) is 0 Å². The minimum atomic E-state index is -1.64. The lowest BCUT2D eigenvalue weighted by molar-refractivity contribution is -0.659. The van der Waals surface area contributed by atoms with E-state index in [1.165, 1.54) is 56.9 Å². The van der Waals surface area contributed by atoms with Crippen molar-refractivity contribution in [1.82, 2.24) is 0 Å². The molecule has 35 heavy (non-hydrogen) atoms. The Hall–Kier alpha value is -1.93. The van der Waals surface area contributed by atoms with E-state index in [9.17, 15) is 0 Å². The van der Waals surface area contributed by atoms with Crippen molar-refractivity contribution in [3.8, 4) is 11.3 Å². The molecule has 0 aliphatic heterocycles. The fraction of sp³-hybridized carbons (Fsp3) is 0.545. The lowest BCUT2D eigenvalue weighted by atomic mass is 9.91. The summed E-state index contributed by atoms with van der Waals surface area (Å²) in [6.07, 6.45) is 2.27. The Morgan fingerprint density at radius 3 is 1.83 bits per heavy atom. The van der Waals surface area contributed by atoms with Gasteiger partial charge in [0.25, 0.3) is 0 Å². The van der Waals surface area contributed by atoms with Gasteiger partial charge in [0.05, 0.1) is 19.0 Å². The summed E-state index contributed by atoms with van der Waals surface area (Å²) >= 11 is 0. The molecule has 0 spiro atoms. The van der Waals surface area contributed by atoms with E-state index in [1.807, 2.05) is 0 Å². The number of aryl methyl sites for hydroxylation is 2. The van der Waals surface area contributed by atoms with Crippen molar-refractivity contribution in [3.63, 3.8) is 0 Å². The minimum absolute atomic E-state index is 0.523. The van der Waals surface area contributed by atoms with E-state index >= 15 is 0 Å². The third-order valence-electron chi connectivity index (χ3n) is 7.76. The van der Waals surface area contributed by atoms with Gasteiger partial charge in [-0.3, -0.25) is 0 Å². The standard InChI is InChI=1S/C33H50NSi/c1-22(2)19-35(20-23(3)4,21-24(5)6)30-12-13-31-28(17-30)14-15-34(11)33(31)32-18-29(25(7)8)16-26(9)27(32)10/h12-18,22-25H,19-21H2,1-11H3/q+1. The van der Waals surface area contributed by atoms with Gasteiger partial charge in [0.15, 0.2) is 6.20 Å². The third-order valence-corrected chi connectivity index (χ3v) is 14.1. The number of fused-ring (bicyclic) bond motifs is 1. The summed E-state index contributed by atoms with van der Waals surface area (Å²) in [6, 6.07) is 18.9. The van der Waals surface area contributed by atoms with Crippen LogP contribution in [-0.2, 0) is 7.05 Å². The van der Waals surface area contributed by atoms with Gasteiger partial charge in [0.1, 0.15) is 7.05 Å². The molecule has 0 N–H and O–H groups in total. The van der Waals surface area contributed by atoms with E-state index in [4.69, 9.17) is 0 Å². The Kier molecular flexibility index (Phi) is 8.68. The number of nitrogens with zero attached hydrogens (tertiary/aromatic N) is 1. The second-order valence-corrected chi connectivity index (χ2v) is 17.2. The smallest absolute Gasteiger partial charge is 0.200 e.